The normalized spacial score (nSPS) is 17.7. The number of Topliss-reactive ketones (excluding diaryl/α,β-unsaturated/α-hetero) is 1. The minimum atomic E-state index is -0.818. The molecule has 0 bridgehead atoms. The Morgan fingerprint density at radius 2 is 1.69 bits per heavy atom. The van der Waals surface area contributed by atoms with Crippen LogP contribution >= 0.6 is 11.3 Å². The molecule has 3 aromatic carbocycles. The lowest BCUT2D eigenvalue weighted by Crippen LogP contribution is -2.29. The first-order chi connectivity index (χ1) is 17.2. The van der Waals surface area contributed by atoms with Crippen molar-refractivity contribution in [3.8, 4) is 5.75 Å². The summed E-state index contributed by atoms with van der Waals surface area (Å²) in [6, 6.07) is 21.3. The molecule has 1 aliphatic rings. The average molecular weight is 499 g/mol. The van der Waals surface area contributed by atoms with E-state index in [4.69, 9.17) is 4.74 Å². The molecule has 1 atom stereocenters. The minimum Gasteiger partial charge on any atom is -0.507 e. The molecular formula is C29H26N2O4S. The molecule has 1 aromatic heterocycles. The van der Waals surface area contributed by atoms with E-state index >= 15 is 0 Å². The fraction of sp³-hybridized carbons (Fsp3) is 0.207. The quantitative estimate of drug-likeness (QED) is 0.205. The zero-order valence-corrected chi connectivity index (χ0v) is 21.3. The summed E-state index contributed by atoms with van der Waals surface area (Å²) in [4.78, 5) is 32.9. The largest absolute Gasteiger partial charge is 0.507 e. The van der Waals surface area contributed by atoms with Crippen molar-refractivity contribution in [1.29, 1.82) is 0 Å². The number of ether oxygens (including phenoxy) is 1. The first-order valence-electron chi connectivity index (χ1n) is 11.6. The second-order valence-electron chi connectivity index (χ2n) is 9.74. The lowest BCUT2D eigenvalue weighted by molar-refractivity contribution is -0.132. The summed E-state index contributed by atoms with van der Waals surface area (Å²) >= 11 is 1.30. The fourth-order valence-electron chi connectivity index (χ4n) is 4.38. The van der Waals surface area contributed by atoms with Crippen LogP contribution in [0.1, 0.15) is 43.5 Å². The molecule has 7 heteroatoms. The smallest absolute Gasteiger partial charge is 0.301 e. The molecule has 36 heavy (non-hydrogen) atoms. The SMILES string of the molecule is COc1ccc2nc(N3C(=O)C(=O)/C(=C(/O)c4ccccc4)[C@@H]3c3ccc(C(C)(C)C)cc3)sc2c1. The second kappa shape index (κ2) is 8.91. The Morgan fingerprint density at radius 1 is 1.00 bits per heavy atom. The number of anilines is 1. The average Bonchev–Trinajstić information content (AvgIpc) is 3.41. The first kappa shape index (κ1) is 23.8. The van der Waals surface area contributed by atoms with Crippen molar-refractivity contribution in [3.63, 3.8) is 0 Å². The van der Waals surface area contributed by atoms with Crippen LogP contribution in [0.2, 0.25) is 0 Å². The molecule has 0 aliphatic carbocycles. The third-order valence-corrected chi connectivity index (χ3v) is 7.39. The van der Waals surface area contributed by atoms with Gasteiger partial charge in [-0.3, -0.25) is 14.5 Å². The van der Waals surface area contributed by atoms with Crippen LogP contribution in [0.4, 0.5) is 5.13 Å². The van der Waals surface area contributed by atoms with Crippen molar-refractivity contribution in [2.45, 2.75) is 32.2 Å². The lowest BCUT2D eigenvalue weighted by atomic mass is 9.85. The molecule has 1 aliphatic heterocycles. The Bertz CT molecular complexity index is 1500. The fourth-order valence-corrected chi connectivity index (χ4v) is 5.41. The van der Waals surface area contributed by atoms with E-state index in [-0.39, 0.29) is 16.7 Å². The maximum Gasteiger partial charge on any atom is 0.301 e. The van der Waals surface area contributed by atoms with Gasteiger partial charge in [-0.2, -0.15) is 0 Å². The zero-order valence-electron chi connectivity index (χ0n) is 20.5. The monoisotopic (exact) mass is 498 g/mol. The number of carbonyl (C=O) groups excluding carboxylic acids is 2. The predicted molar refractivity (Wildman–Crippen MR) is 143 cm³/mol. The number of aromatic nitrogens is 1. The molecule has 182 valence electrons. The van der Waals surface area contributed by atoms with Gasteiger partial charge in [0.2, 0.25) is 0 Å². The summed E-state index contributed by atoms with van der Waals surface area (Å²) in [7, 11) is 1.59. The number of rotatable bonds is 4. The molecule has 0 radical (unpaired) electrons. The number of methoxy groups -OCH3 is 1. The van der Waals surface area contributed by atoms with E-state index in [0.717, 1.165) is 15.8 Å². The number of nitrogens with zero attached hydrogens (tertiary/aromatic N) is 2. The zero-order chi connectivity index (χ0) is 25.6. The highest BCUT2D eigenvalue weighted by molar-refractivity contribution is 7.22. The van der Waals surface area contributed by atoms with Crippen LogP contribution < -0.4 is 9.64 Å². The number of ketones is 1. The highest BCUT2D eigenvalue weighted by Crippen LogP contribution is 2.45. The summed E-state index contributed by atoms with van der Waals surface area (Å²) in [5.74, 6) is -0.983. The molecule has 0 unspecified atom stereocenters. The second-order valence-corrected chi connectivity index (χ2v) is 10.7. The van der Waals surface area contributed by atoms with Gasteiger partial charge in [-0.25, -0.2) is 4.98 Å². The number of hydrogen-bond donors (Lipinski definition) is 1. The summed E-state index contributed by atoms with van der Waals surface area (Å²) in [6.45, 7) is 6.37. The van der Waals surface area contributed by atoms with Crippen molar-refractivity contribution in [3.05, 3.63) is 95.1 Å². The number of amides is 1. The molecule has 1 amide bonds. The summed E-state index contributed by atoms with van der Waals surface area (Å²) < 4.78 is 6.16. The molecular weight excluding hydrogens is 472 g/mol. The van der Waals surface area contributed by atoms with Gasteiger partial charge in [0.1, 0.15) is 11.5 Å². The third-order valence-electron chi connectivity index (χ3n) is 6.37. The van der Waals surface area contributed by atoms with E-state index in [9.17, 15) is 14.7 Å². The molecule has 0 saturated carbocycles. The number of fused-ring (bicyclic) bond motifs is 1. The van der Waals surface area contributed by atoms with Crippen LogP contribution in [-0.4, -0.2) is 28.9 Å². The molecule has 0 spiro atoms. The summed E-state index contributed by atoms with van der Waals surface area (Å²) in [5, 5.41) is 11.6. The van der Waals surface area contributed by atoms with Crippen LogP contribution in [0.25, 0.3) is 16.0 Å². The highest BCUT2D eigenvalue weighted by Gasteiger charge is 2.48. The minimum absolute atomic E-state index is 0.0477. The van der Waals surface area contributed by atoms with Gasteiger partial charge in [-0.1, -0.05) is 86.7 Å². The number of thiazole rings is 1. The van der Waals surface area contributed by atoms with Gasteiger partial charge in [-0.05, 0) is 34.7 Å². The number of hydrogen-bond acceptors (Lipinski definition) is 6. The first-order valence-corrected chi connectivity index (χ1v) is 12.4. The molecule has 4 aromatic rings. The maximum absolute atomic E-state index is 13.4. The maximum atomic E-state index is 13.4. The molecule has 1 saturated heterocycles. The van der Waals surface area contributed by atoms with Gasteiger partial charge >= 0.3 is 5.91 Å². The molecule has 1 N–H and O–H groups in total. The topological polar surface area (TPSA) is 79.7 Å². The Labute approximate surface area is 213 Å². The molecule has 5 rings (SSSR count). The van der Waals surface area contributed by atoms with Gasteiger partial charge in [0.15, 0.2) is 5.13 Å². The van der Waals surface area contributed by atoms with E-state index < -0.39 is 17.7 Å². The van der Waals surface area contributed by atoms with Crippen molar-refractivity contribution in [1.82, 2.24) is 4.98 Å². The van der Waals surface area contributed by atoms with Crippen LogP contribution in [0.5, 0.6) is 5.75 Å². The van der Waals surface area contributed by atoms with Crippen LogP contribution in [0, 0.1) is 0 Å². The molecule has 6 nitrogen and oxygen atoms in total. The highest BCUT2D eigenvalue weighted by atomic mass is 32.1. The Kier molecular flexibility index (Phi) is 5.88. The van der Waals surface area contributed by atoms with Gasteiger partial charge in [0.05, 0.1) is 28.9 Å². The number of aliphatic hydroxyl groups is 1. The Balaban J connectivity index is 1.70. The van der Waals surface area contributed by atoms with E-state index in [1.807, 2.05) is 42.5 Å². The van der Waals surface area contributed by atoms with E-state index in [2.05, 4.69) is 25.8 Å². The van der Waals surface area contributed by atoms with Gasteiger partial charge < -0.3 is 9.84 Å². The standard InChI is InChI=1S/C29H26N2O4S/c1-29(2,3)19-12-10-17(11-13-19)24-23(25(32)18-8-6-5-7-9-18)26(33)27(34)31(24)28-30-21-15-14-20(35-4)16-22(21)36-28/h5-16,24,32H,1-4H3/b25-23+/t24-/m0/s1. The number of benzene rings is 3. The van der Waals surface area contributed by atoms with Crippen molar-refractivity contribution in [2.75, 3.05) is 12.0 Å². The Hall–Kier alpha value is -3.97. The van der Waals surface area contributed by atoms with Crippen molar-refractivity contribution < 1.29 is 19.4 Å². The van der Waals surface area contributed by atoms with Crippen LogP contribution in [-0.2, 0) is 15.0 Å². The predicted octanol–water partition coefficient (Wildman–Crippen LogP) is 6.23. The molecule has 2 heterocycles. The van der Waals surface area contributed by atoms with Crippen LogP contribution in [0.15, 0.2) is 78.4 Å². The lowest BCUT2D eigenvalue weighted by Gasteiger charge is -2.24. The third kappa shape index (κ3) is 4.05. The van der Waals surface area contributed by atoms with E-state index in [1.54, 1.807) is 37.4 Å². The van der Waals surface area contributed by atoms with Gasteiger partial charge in [-0.15, -0.1) is 0 Å². The van der Waals surface area contributed by atoms with Gasteiger partial charge in [0.25, 0.3) is 5.78 Å². The van der Waals surface area contributed by atoms with Crippen molar-refractivity contribution in [2.24, 2.45) is 0 Å². The summed E-state index contributed by atoms with van der Waals surface area (Å²) in [6.07, 6.45) is 0. The molecule has 1 fully saturated rings. The van der Waals surface area contributed by atoms with E-state index in [1.165, 1.54) is 16.2 Å². The summed E-state index contributed by atoms with van der Waals surface area (Å²) in [5.41, 5.74) is 3.00. The van der Waals surface area contributed by atoms with Crippen LogP contribution in [0.3, 0.4) is 0 Å². The van der Waals surface area contributed by atoms with Gasteiger partial charge in [0, 0.05) is 5.56 Å². The Morgan fingerprint density at radius 3 is 2.33 bits per heavy atom. The van der Waals surface area contributed by atoms with Crippen molar-refractivity contribution >= 4 is 44.1 Å². The number of carbonyl (C=O) groups is 2. The van der Waals surface area contributed by atoms with E-state index in [0.29, 0.717) is 22.0 Å². The number of aliphatic hydroxyl groups excluding tert-OH is 1.